The van der Waals surface area contributed by atoms with Crippen LogP contribution in [0.15, 0.2) is 47.3 Å². The number of amides is 1. The summed E-state index contributed by atoms with van der Waals surface area (Å²) in [7, 11) is 1.32. The Morgan fingerprint density at radius 3 is 2.78 bits per heavy atom. The number of para-hydroxylation sites is 1. The lowest BCUT2D eigenvalue weighted by Crippen LogP contribution is -2.51. The van der Waals surface area contributed by atoms with Crippen molar-refractivity contribution in [2.24, 2.45) is 33.7 Å². The third kappa shape index (κ3) is 4.98. The predicted octanol–water partition coefficient (Wildman–Crippen LogP) is 5.06. The number of aliphatic hydroxyl groups excluding tert-OH is 1. The van der Waals surface area contributed by atoms with E-state index in [-0.39, 0.29) is 23.5 Å². The minimum absolute atomic E-state index is 0.0940. The van der Waals surface area contributed by atoms with Gasteiger partial charge in [-0.15, -0.1) is 0 Å². The summed E-state index contributed by atoms with van der Waals surface area (Å²) in [4.78, 5) is 33.9. The number of H-pyrrole nitrogens is 1. The van der Waals surface area contributed by atoms with Crippen molar-refractivity contribution < 1.29 is 24.3 Å². The van der Waals surface area contributed by atoms with Gasteiger partial charge < -0.3 is 25.0 Å². The summed E-state index contributed by atoms with van der Waals surface area (Å²) in [5.74, 6) is 1.07. The van der Waals surface area contributed by atoms with Gasteiger partial charge in [0.2, 0.25) is 0 Å². The van der Waals surface area contributed by atoms with E-state index in [1.54, 1.807) is 0 Å². The molecule has 4 aliphatic rings. The van der Waals surface area contributed by atoms with Crippen molar-refractivity contribution >= 4 is 28.5 Å². The molecule has 2 aromatic rings. The molecule has 3 saturated carbocycles. The molecule has 0 bridgehead atoms. The lowest BCUT2D eigenvalue weighted by molar-refractivity contribution is -0.145. The topological polar surface area (TPSA) is 113 Å². The van der Waals surface area contributed by atoms with E-state index in [9.17, 15) is 14.7 Å². The zero-order valence-electron chi connectivity index (χ0n) is 24.4. The van der Waals surface area contributed by atoms with E-state index in [0.717, 1.165) is 60.7 Å². The molecule has 1 aromatic heterocycles. The highest BCUT2D eigenvalue weighted by atomic mass is 16.6. The SMILES string of the molecule is COC(=O)[C@H](Cc1c[nH]c2ccccc12)NC(=O)CO/N=C1/C=C2CC[C@@H]3[C@H]4CC[C@@H](O)[C@@]4(C)CC[C@H]3[C@@]2(C)CC1. The van der Waals surface area contributed by atoms with Gasteiger partial charge in [-0.3, -0.25) is 4.79 Å². The maximum atomic E-state index is 12.7. The first kappa shape index (κ1) is 28.0. The van der Waals surface area contributed by atoms with Gasteiger partial charge in [0.25, 0.3) is 5.91 Å². The van der Waals surface area contributed by atoms with Gasteiger partial charge in [0, 0.05) is 23.5 Å². The fraction of sp³-hybridized carbons (Fsp3) is 0.606. The van der Waals surface area contributed by atoms with E-state index >= 15 is 0 Å². The monoisotopic (exact) mass is 561 g/mol. The van der Waals surface area contributed by atoms with Crippen molar-refractivity contribution in [1.29, 1.82) is 0 Å². The summed E-state index contributed by atoms with van der Waals surface area (Å²) in [6.45, 7) is 4.50. The molecule has 0 unspecified atom stereocenters. The van der Waals surface area contributed by atoms with Crippen LogP contribution in [0.25, 0.3) is 10.9 Å². The fourth-order valence-corrected chi connectivity index (χ4v) is 8.88. The Morgan fingerprint density at radius 2 is 1.95 bits per heavy atom. The van der Waals surface area contributed by atoms with Crippen LogP contribution < -0.4 is 5.32 Å². The number of carbonyl (C=O) groups is 2. The molecule has 8 heteroatoms. The molecule has 6 rings (SSSR count). The van der Waals surface area contributed by atoms with Gasteiger partial charge in [0.15, 0.2) is 6.61 Å². The molecule has 1 amide bonds. The van der Waals surface area contributed by atoms with Crippen LogP contribution in [0.1, 0.15) is 70.8 Å². The zero-order chi connectivity index (χ0) is 28.8. The van der Waals surface area contributed by atoms with Crippen LogP contribution in [-0.4, -0.2) is 53.5 Å². The molecular formula is C33H43N3O5. The van der Waals surface area contributed by atoms with Gasteiger partial charge >= 0.3 is 5.97 Å². The highest BCUT2D eigenvalue weighted by Gasteiger charge is 2.58. The Bertz CT molecular complexity index is 1380. The normalized spacial score (nSPS) is 34.2. The van der Waals surface area contributed by atoms with E-state index in [4.69, 9.17) is 9.57 Å². The Kier molecular flexibility index (Phi) is 7.47. The van der Waals surface area contributed by atoms with Crippen LogP contribution in [0.5, 0.6) is 0 Å². The maximum Gasteiger partial charge on any atom is 0.328 e. The lowest BCUT2D eigenvalue weighted by atomic mass is 9.47. The first-order valence-electron chi connectivity index (χ1n) is 15.2. The highest BCUT2D eigenvalue weighted by molar-refractivity contribution is 5.96. The number of hydrogen-bond acceptors (Lipinski definition) is 6. The average Bonchev–Trinajstić information content (AvgIpc) is 3.52. The number of hydrogen-bond donors (Lipinski definition) is 3. The number of fused-ring (bicyclic) bond motifs is 6. The number of esters is 1. The number of carbonyl (C=O) groups excluding carboxylic acids is 2. The van der Waals surface area contributed by atoms with E-state index < -0.39 is 17.9 Å². The molecule has 4 aliphatic carbocycles. The number of rotatable bonds is 7. The maximum absolute atomic E-state index is 12.7. The summed E-state index contributed by atoms with van der Waals surface area (Å²) < 4.78 is 4.95. The number of aromatic amines is 1. The van der Waals surface area contributed by atoms with Gasteiger partial charge in [0.1, 0.15) is 6.04 Å². The number of benzene rings is 1. The number of oxime groups is 1. The molecule has 220 valence electrons. The molecule has 1 heterocycles. The molecule has 1 aromatic carbocycles. The van der Waals surface area contributed by atoms with Crippen LogP contribution in [-0.2, 0) is 25.6 Å². The van der Waals surface area contributed by atoms with Crippen LogP contribution in [0, 0.1) is 28.6 Å². The van der Waals surface area contributed by atoms with Gasteiger partial charge in [-0.25, -0.2) is 4.79 Å². The lowest BCUT2D eigenvalue weighted by Gasteiger charge is -2.57. The second kappa shape index (κ2) is 10.9. The summed E-state index contributed by atoms with van der Waals surface area (Å²) in [5, 5.41) is 18.8. The molecule has 8 nitrogen and oxygen atoms in total. The number of allylic oxidation sites excluding steroid dienone is 2. The Hall–Kier alpha value is -3.13. The predicted molar refractivity (Wildman–Crippen MR) is 157 cm³/mol. The Balaban J connectivity index is 1.07. The molecular weight excluding hydrogens is 518 g/mol. The second-order valence-electron chi connectivity index (χ2n) is 13.2. The highest BCUT2D eigenvalue weighted by Crippen LogP contribution is 2.65. The van der Waals surface area contributed by atoms with Crippen molar-refractivity contribution in [2.75, 3.05) is 13.7 Å². The second-order valence-corrected chi connectivity index (χ2v) is 13.2. The molecule has 3 N–H and O–H groups in total. The fourth-order valence-electron chi connectivity index (χ4n) is 8.88. The molecule has 7 atom stereocenters. The van der Waals surface area contributed by atoms with E-state index in [1.165, 1.54) is 25.5 Å². The molecule has 0 aliphatic heterocycles. The number of nitrogens with zero attached hydrogens (tertiary/aromatic N) is 1. The van der Waals surface area contributed by atoms with Crippen LogP contribution in [0.3, 0.4) is 0 Å². The van der Waals surface area contributed by atoms with Gasteiger partial charge in [0.05, 0.1) is 18.9 Å². The molecule has 41 heavy (non-hydrogen) atoms. The molecule has 3 fully saturated rings. The van der Waals surface area contributed by atoms with Gasteiger partial charge in [-0.05, 0) is 97.7 Å². The first-order chi connectivity index (χ1) is 19.7. The molecule has 0 radical (unpaired) electrons. The Labute approximate surface area is 241 Å². The number of nitrogens with one attached hydrogen (secondary N) is 2. The van der Waals surface area contributed by atoms with Crippen molar-refractivity contribution in [1.82, 2.24) is 10.3 Å². The summed E-state index contributed by atoms with van der Waals surface area (Å²) in [5.41, 5.74) is 4.51. The Morgan fingerprint density at radius 1 is 1.12 bits per heavy atom. The van der Waals surface area contributed by atoms with E-state index in [0.29, 0.717) is 24.2 Å². The first-order valence-corrected chi connectivity index (χ1v) is 15.2. The largest absolute Gasteiger partial charge is 0.467 e. The van der Waals surface area contributed by atoms with Crippen LogP contribution in [0.4, 0.5) is 0 Å². The van der Waals surface area contributed by atoms with Gasteiger partial charge in [-0.1, -0.05) is 42.8 Å². The quantitative estimate of drug-likeness (QED) is 0.323. The third-order valence-electron chi connectivity index (χ3n) is 11.2. The van der Waals surface area contributed by atoms with Crippen molar-refractivity contribution in [2.45, 2.75) is 83.8 Å². The van der Waals surface area contributed by atoms with Crippen LogP contribution >= 0.6 is 0 Å². The van der Waals surface area contributed by atoms with Crippen LogP contribution in [0.2, 0.25) is 0 Å². The number of aliphatic hydroxyl groups is 1. The summed E-state index contributed by atoms with van der Waals surface area (Å²) >= 11 is 0. The molecule has 0 spiro atoms. The summed E-state index contributed by atoms with van der Waals surface area (Å²) in [6.07, 6.45) is 12.8. The van der Waals surface area contributed by atoms with E-state index in [2.05, 4.69) is 35.4 Å². The zero-order valence-corrected chi connectivity index (χ0v) is 24.4. The number of ether oxygens (including phenoxy) is 1. The molecule has 0 saturated heterocycles. The smallest absolute Gasteiger partial charge is 0.328 e. The van der Waals surface area contributed by atoms with Crippen molar-refractivity contribution in [3.05, 3.63) is 47.7 Å². The summed E-state index contributed by atoms with van der Waals surface area (Å²) in [6, 6.07) is 7.02. The average molecular weight is 562 g/mol. The van der Waals surface area contributed by atoms with Crippen molar-refractivity contribution in [3.8, 4) is 0 Å². The number of methoxy groups -OCH3 is 1. The van der Waals surface area contributed by atoms with Crippen molar-refractivity contribution in [3.63, 3.8) is 0 Å². The van der Waals surface area contributed by atoms with Gasteiger partial charge in [-0.2, -0.15) is 0 Å². The number of aromatic nitrogens is 1. The third-order valence-corrected chi connectivity index (χ3v) is 11.2. The minimum Gasteiger partial charge on any atom is -0.467 e. The van der Waals surface area contributed by atoms with E-state index in [1.807, 2.05) is 30.5 Å². The minimum atomic E-state index is -0.825. The standard InChI is InChI=1S/C33H43N3O5/c1-32-14-12-22(17-21(32)8-9-24-25-10-11-29(37)33(25,2)15-13-26(24)32)36-41-19-30(38)35-28(31(39)40-3)16-20-18-34-27-7-5-4-6-23(20)27/h4-7,17-18,24-26,28-29,34,37H,8-16,19H2,1-3H3,(H,35,38)/b36-22+/t24-,25-,26-,28+,29-,32+,33+/m1/s1.